The molecule has 2 heteroatoms. The summed E-state index contributed by atoms with van der Waals surface area (Å²) in [6.07, 6.45) is 5.32. The zero-order valence-electron chi connectivity index (χ0n) is 12.1. The van der Waals surface area contributed by atoms with E-state index in [-0.39, 0.29) is 0 Å². The lowest BCUT2D eigenvalue weighted by Gasteiger charge is -2.36. The van der Waals surface area contributed by atoms with Crippen LogP contribution < -0.4 is 10.4 Å². The van der Waals surface area contributed by atoms with E-state index < -0.39 is 8.32 Å². The first-order chi connectivity index (χ1) is 9.88. The number of hydrogen-bond acceptors (Lipinski definition) is 1. The summed E-state index contributed by atoms with van der Waals surface area (Å²) in [4.78, 5) is 0. The Morgan fingerprint density at radius 2 is 1.25 bits per heavy atom. The van der Waals surface area contributed by atoms with Crippen molar-refractivity contribution < 1.29 is 4.43 Å². The fraction of sp³-hybridized carbons (Fsp3) is 0.333. The van der Waals surface area contributed by atoms with E-state index in [2.05, 4.69) is 60.7 Å². The highest BCUT2D eigenvalue weighted by molar-refractivity contribution is 6.98. The topological polar surface area (TPSA) is 9.23 Å². The molecule has 0 N–H and O–H groups in total. The minimum Gasteiger partial charge on any atom is -0.411 e. The monoisotopic (exact) mass is 282 g/mol. The number of benzene rings is 2. The van der Waals surface area contributed by atoms with Gasteiger partial charge in [-0.1, -0.05) is 86.3 Å². The summed E-state index contributed by atoms with van der Waals surface area (Å²) in [6.45, 7) is 0. The first kappa shape index (κ1) is 13.6. The van der Waals surface area contributed by atoms with Crippen LogP contribution in [-0.4, -0.2) is 15.4 Å². The van der Waals surface area contributed by atoms with Crippen molar-refractivity contribution in [2.45, 2.75) is 31.2 Å². The molecule has 1 nitrogen and oxygen atoms in total. The van der Waals surface area contributed by atoms with Gasteiger partial charge in [-0.2, -0.15) is 0 Å². The lowest BCUT2D eigenvalue weighted by atomic mass is 10.3. The van der Waals surface area contributed by atoms with Gasteiger partial charge in [0.15, 0.2) is 0 Å². The maximum atomic E-state index is 6.33. The molecule has 1 fully saturated rings. The average molecular weight is 282 g/mol. The largest absolute Gasteiger partial charge is 0.411 e. The smallest absolute Gasteiger partial charge is 0.258 e. The molecule has 20 heavy (non-hydrogen) atoms. The Balaban J connectivity index is 2.15. The van der Waals surface area contributed by atoms with E-state index in [1.807, 2.05) is 7.11 Å². The molecule has 1 aliphatic carbocycles. The molecule has 0 heterocycles. The lowest BCUT2D eigenvalue weighted by molar-refractivity contribution is 0.401. The zero-order valence-corrected chi connectivity index (χ0v) is 13.1. The van der Waals surface area contributed by atoms with Gasteiger partial charge in [0.2, 0.25) is 0 Å². The van der Waals surface area contributed by atoms with Crippen molar-refractivity contribution in [3.63, 3.8) is 0 Å². The highest BCUT2D eigenvalue weighted by Crippen LogP contribution is 2.38. The van der Waals surface area contributed by atoms with Gasteiger partial charge in [0.1, 0.15) is 0 Å². The Morgan fingerprint density at radius 1 is 0.800 bits per heavy atom. The predicted octanol–water partition coefficient (Wildman–Crippen LogP) is 3.34. The van der Waals surface area contributed by atoms with Crippen molar-refractivity contribution in [1.82, 2.24) is 0 Å². The molecule has 0 atom stereocenters. The van der Waals surface area contributed by atoms with Gasteiger partial charge in [-0.05, 0) is 15.9 Å². The minimum absolute atomic E-state index is 0.706. The molecule has 0 saturated heterocycles. The molecule has 1 saturated carbocycles. The van der Waals surface area contributed by atoms with Gasteiger partial charge in [0.05, 0.1) is 0 Å². The third kappa shape index (κ3) is 2.23. The van der Waals surface area contributed by atoms with Crippen molar-refractivity contribution in [1.29, 1.82) is 0 Å². The van der Waals surface area contributed by atoms with E-state index in [0.717, 1.165) is 0 Å². The predicted molar refractivity (Wildman–Crippen MR) is 87.1 cm³/mol. The van der Waals surface area contributed by atoms with Gasteiger partial charge in [-0.25, -0.2) is 0 Å². The van der Waals surface area contributed by atoms with Crippen LogP contribution in [0.3, 0.4) is 0 Å². The fourth-order valence-corrected chi connectivity index (χ4v) is 8.42. The molecule has 0 radical (unpaired) electrons. The highest BCUT2D eigenvalue weighted by Gasteiger charge is 2.46. The van der Waals surface area contributed by atoms with Crippen molar-refractivity contribution >= 4 is 18.7 Å². The van der Waals surface area contributed by atoms with E-state index >= 15 is 0 Å². The van der Waals surface area contributed by atoms with Crippen molar-refractivity contribution in [3.8, 4) is 0 Å². The van der Waals surface area contributed by atoms with E-state index in [1.54, 1.807) is 0 Å². The second-order valence-electron chi connectivity index (χ2n) is 5.65. The van der Waals surface area contributed by atoms with Crippen molar-refractivity contribution in [3.05, 3.63) is 60.7 Å². The Labute approximate surface area is 122 Å². The summed E-state index contributed by atoms with van der Waals surface area (Å²) >= 11 is 0. The molecule has 3 rings (SSSR count). The van der Waals surface area contributed by atoms with Crippen molar-refractivity contribution in [2.24, 2.45) is 0 Å². The Morgan fingerprint density at radius 3 is 1.65 bits per heavy atom. The summed E-state index contributed by atoms with van der Waals surface area (Å²) in [5.74, 6) is 0. The summed E-state index contributed by atoms with van der Waals surface area (Å²) in [6, 6.07) is 21.8. The Bertz CT molecular complexity index is 492. The van der Waals surface area contributed by atoms with Gasteiger partial charge in [0.25, 0.3) is 8.32 Å². The maximum Gasteiger partial charge on any atom is 0.258 e. The Hall–Kier alpha value is -1.38. The molecule has 2 aromatic rings. The quantitative estimate of drug-likeness (QED) is 0.782. The second kappa shape index (κ2) is 5.94. The first-order valence-electron chi connectivity index (χ1n) is 7.54. The van der Waals surface area contributed by atoms with Crippen molar-refractivity contribution in [2.75, 3.05) is 7.11 Å². The summed E-state index contributed by atoms with van der Waals surface area (Å²) in [5.41, 5.74) is 0.706. The molecule has 0 spiro atoms. The molecule has 0 amide bonds. The zero-order chi connectivity index (χ0) is 13.8. The third-order valence-corrected chi connectivity index (χ3v) is 9.41. The first-order valence-corrected chi connectivity index (χ1v) is 9.52. The van der Waals surface area contributed by atoms with Crippen LogP contribution in [-0.2, 0) is 4.43 Å². The minimum atomic E-state index is -2.09. The lowest BCUT2D eigenvalue weighted by Crippen LogP contribution is -2.63. The van der Waals surface area contributed by atoms with E-state index in [1.165, 1.54) is 36.1 Å². The molecule has 0 aliphatic heterocycles. The van der Waals surface area contributed by atoms with Crippen LogP contribution in [0.15, 0.2) is 60.7 Å². The molecule has 0 unspecified atom stereocenters. The van der Waals surface area contributed by atoms with E-state index in [0.29, 0.717) is 5.54 Å². The molecular formula is C18H22OSi. The van der Waals surface area contributed by atoms with Gasteiger partial charge >= 0.3 is 0 Å². The maximum absolute atomic E-state index is 6.33. The summed E-state index contributed by atoms with van der Waals surface area (Å²) in [7, 11) is -0.167. The molecule has 0 aromatic heterocycles. The van der Waals surface area contributed by atoms with E-state index in [9.17, 15) is 0 Å². The van der Waals surface area contributed by atoms with Crippen LogP contribution >= 0.6 is 0 Å². The van der Waals surface area contributed by atoms with Crippen LogP contribution in [0.4, 0.5) is 0 Å². The second-order valence-corrected chi connectivity index (χ2v) is 9.50. The third-order valence-electron chi connectivity index (χ3n) is 4.66. The molecule has 0 bridgehead atoms. The van der Waals surface area contributed by atoms with Crippen LogP contribution in [0, 0.1) is 0 Å². The standard InChI is InChI=1S/C18H22OSi/c1-19-20(18-14-8-9-15-18,16-10-4-2-5-11-16)17-12-6-3-7-13-17/h2-7,10-13,18H,8-9,14-15H2,1H3. The molecule has 2 aromatic carbocycles. The summed E-state index contributed by atoms with van der Waals surface area (Å²) in [5, 5.41) is 2.83. The van der Waals surface area contributed by atoms with Gasteiger partial charge in [-0.15, -0.1) is 0 Å². The van der Waals surface area contributed by atoms with Crippen LogP contribution in [0.25, 0.3) is 0 Å². The number of rotatable bonds is 4. The van der Waals surface area contributed by atoms with Gasteiger partial charge in [0, 0.05) is 7.11 Å². The molecule has 104 valence electrons. The normalized spacial score (nSPS) is 16.4. The van der Waals surface area contributed by atoms with Crippen LogP contribution in [0.5, 0.6) is 0 Å². The van der Waals surface area contributed by atoms with Crippen LogP contribution in [0.1, 0.15) is 25.7 Å². The average Bonchev–Trinajstić information content (AvgIpc) is 3.06. The number of hydrogen-bond donors (Lipinski definition) is 0. The fourth-order valence-electron chi connectivity index (χ4n) is 3.74. The van der Waals surface area contributed by atoms with Gasteiger partial charge < -0.3 is 4.43 Å². The van der Waals surface area contributed by atoms with Gasteiger partial charge in [-0.3, -0.25) is 0 Å². The Kier molecular flexibility index (Phi) is 4.04. The highest BCUT2D eigenvalue weighted by atomic mass is 28.4. The molecule has 1 aliphatic rings. The van der Waals surface area contributed by atoms with Crippen LogP contribution in [0.2, 0.25) is 5.54 Å². The SMILES string of the molecule is CO[Si](c1ccccc1)(c1ccccc1)C1CCCC1. The van der Waals surface area contributed by atoms with E-state index in [4.69, 9.17) is 4.43 Å². The summed E-state index contributed by atoms with van der Waals surface area (Å²) < 4.78 is 6.33. The molecular weight excluding hydrogens is 260 g/mol.